The molecule has 62 valence electrons. The van der Waals surface area contributed by atoms with Gasteiger partial charge in [0.2, 0.25) is 0 Å². The molecular weight excluding hydrogens is 256 g/mol. The minimum absolute atomic E-state index is 0. The molecule has 0 atom stereocenters. The van der Waals surface area contributed by atoms with Crippen LogP contribution in [-0.4, -0.2) is 11.1 Å². The second kappa shape index (κ2) is 4.51. The van der Waals surface area contributed by atoms with Crippen LogP contribution in [0.4, 0.5) is 0 Å². The van der Waals surface area contributed by atoms with Crippen LogP contribution in [0.2, 0.25) is 0 Å². The van der Waals surface area contributed by atoms with Crippen LogP contribution in [-0.2, 0) is 35.0 Å². The van der Waals surface area contributed by atoms with Gasteiger partial charge in [-0.1, -0.05) is 18.2 Å². The maximum absolute atomic E-state index is 10.4. The van der Waals surface area contributed by atoms with E-state index in [0.29, 0.717) is 4.90 Å². The average molecular weight is 261 g/mol. The maximum atomic E-state index is 10.4. The Morgan fingerprint density at radius 3 is 2.27 bits per heavy atom. The number of hydrogen-bond donors (Lipinski definition) is 1. The van der Waals surface area contributed by atoms with E-state index >= 15 is 0 Å². The van der Waals surface area contributed by atoms with E-state index < -0.39 is 5.97 Å². The molecule has 11 heavy (non-hydrogen) atoms. The van der Waals surface area contributed by atoms with E-state index in [-0.39, 0.29) is 27.9 Å². The molecule has 0 bridgehead atoms. The van der Waals surface area contributed by atoms with Gasteiger partial charge < -0.3 is 17.7 Å². The number of rotatable bonds is 1. The predicted octanol–water partition coefficient (Wildman–Crippen LogP) is 1.29. The predicted molar refractivity (Wildman–Crippen MR) is 39.0 cm³/mol. The number of carbonyl (C=O) groups is 1. The minimum Gasteiger partial charge on any atom is -0.779 e. The first kappa shape index (κ1) is 10.7. The summed E-state index contributed by atoms with van der Waals surface area (Å²) in [7, 11) is 0. The molecule has 0 saturated carbocycles. The molecule has 0 amide bonds. The molecule has 0 aliphatic heterocycles. The number of carboxylic acids is 1. The van der Waals surface area contributed by atoms with Gasteiger partial charge in [0.1, 0.15) is 0 Å². The second-order valence-corrected chi connectivity index (χ2v) is 2.24. The molecule has 1 N–H and O–H groups in total. The van der Waals surface area contributed by atoms with E-state index in [2.05, 4.69) is 0 Å². The Morgan fingerprint density at radius 2 is 1.91 bits per heavy atom. The van der Waals surface area contributed by atoms with Crippen LogP contribution in [0.5, 0.6) is 0 Å². The molecule has 0 heterocycles. The molecule has 1 aromatic carbocycles. The van der Waals surface area contributed by atoms with Gasteiger partial charge in [-0.25, -0.2) is 4.79 Å². The van der Waals surface area contributed by atoms with Crippen LogP contribution >= 0.6 is 0 Å². The first-order valence-electron chi connectivity index (χ1n) is 2.71. The van der Waals surface area contributed by atoms with Gasteiger partial charge in [0.15, 0.2) is 0 Å². The Hall–Kier alpha value is -0.350. The Kier molecular flexibility index (Phi) is 4.37. The maximum Gasteiger partial charge on any atom is 1.00 e. The molecule has 0 aliphatic rings. The minimum atomic E-state index is -0.967. The molecule has 1 aromatic rings. The van der Waals surface area contributed by atoms with Crippen LogP contribution < -0.4 is 0 Å². The molecule has 0 spiro atoms. The number of carboxylic acid groups (broad SMARTS) is 1. The van der Waals surface area contributed by atoms with Gasteiger partial charge in [-0.3, -0.25) is 0 Å². The van der Waals surface area contributed by atoms with Crippen molar-refractivity contribution >= 4 is 18.6 Å². The third-order valence-electron chi connectivity index (χ3n) is 1.12. The standard InChI is InChI=1S/C7H6O2S.Ag/c8-7(9)5-3-1-2-4-6(5)10;/h1-4,10H,(H,8,9);/q;+1/p-1. The third-order valence-corrected chi connectivity index (χ3v) is 1.47. The molecule has 0 saturated heterocycles. The average Bonchev–Trinajstić information content (AvgIpc) is 1.88. The van der Waals surface area contributed by atoms with Gasteiger partial charge in [0.25, 0.3) is 0 Å². The van der Waals surface area contributed by atoms with Crippen molar-refractivity contribution in [2.75, 3.05) is 0 Å². The van der Waals surface area contributed by atoms with Crippen LogP contribution in [0.3, 0.4) is 0 Å². The summed E-state index contributed by atoms with van der Waals surface area (Å²) in [6.45, 7) is 0. The Bertz CT molecular complexity index is 262. The van der Waals surface area contributed by atoms with Crippen molar-refractivity contribution in [1.82, 2.24) is 0 Å². The Labute approximate surface area is 85.5 Å². The summed E-state index contributed by atoms with van der Waals surface area (Å²) in [5.41, 5.74) is 0.192. The van der Waals surface area contributed by atoms with Gasteiger partial charge in [0.05, 0.1) is 0 Å². The summed E-state index contributed by atoms with van der Waals surface area (Å²) in [6, 6.07) is 6.46. The van der Waals surface area contributed by atoms with Gasteiger partial charge in [-0.15, -0.1) is 0 Å². The molecule has 0 aliphatic carbocycles. The SMILES string of the molecule is O=C(O)c1ccccc1[S-].[Ag+]. The molecule has 2 nitrogen and oxygen atoms in total. The first-order chi connectivity index (χ1) is 4.72. The number of aromatic carboxylic acids is 1. The van der Waals surface area contributed by atoms with Crippen LogP contribution in [0, 0.1) is 0 Å². The zero-order chi connectivity index (χ0) is 7.56. The summed E-state index contributed by atoms with van der Waals surface area (Å²) in [5.74, 6) is -0.967. The van der Waals surface area contributed by atoms with Crippen molar-refractivity contribution in [3.05, 3.63) is 29.8 Å². The van der Waals surface area contributed by atoms with E-state index in [9.17, 15) is 4.79 Å². The molecular formula is C7H5AgO2S. The zero-order valence-corrected chi connectivity index (χ0v) is 7.67. The van der Waals surface area contributed by atoms with E-state index in [1.54, 1.807) is 18.2 Å². The first-order valence-corrected chi connectivity index (χ1v) is 3.12. The summed E-state index contributed by atoms with van der Waals surface area (Å²) in [5, 5.41) is 8.50. The topological polar surface area (TPSA) is 37.3 Å². The summed E-state index contributed by atoms with van der Waals surface area (Å²) in [4.78, 5) is 10.7. The molecule has 1 rings (SSSR count). The van der Waals surface area contributed by atoms with E-state index in [1.165, 1.54) is 6.07 Å². The van der Waals surface area contributed by atoms with Crippen molar-refractivity contribution < 1.29 is 32.3 Å². The number of benzene rings is 1. The Balaban J connectivity index is 0.000001000. The Morgan fingerprint density at radius 1 is 1.36 bits per heavy atom. The van der Waals surface area contributed by atoms with E-state index in [0.717, 1.165) is 0 Å². The summed E-state index contributed by atoms with van der Waals surface area (Å²) >= 11 is 4.75. The van der Waals surface area contributed by atoms with Crippen LogP contribution in [0.15, 0.2) is 29.2 Å². The summed E-state index contributed by atoms with van der Waals surface area (Å²) < 4.78 is 0. The second-order valence-electron chi connectivity index (χ2n) is 1.80. The van der Waals surface area contributed by atoms with Crippen molar-refractivity contribution in [3.8, 4) is 0 Å². The van der Waals surface area contributed by atoms with Crippen molar-refractivity contribution in [2.45, 2.75) is 4.90 Å². The van der Waals surface area contributed by atoms with Crippen LogP contribution in [0.25, 0.3) is 0 Å². The third kappa shape index (κ3) is 2.63. The fourth-order valence-corrected chi connectivity index (χ4v) is 0.877. The zero-order valence-electron chi connectivity index (χ0n) is 5.37. The fraction of sp³-hybridized carbons (Fsp3) is 0. The fourth-order valence-electron chi connectivity index (χ4n) is 0.643. The van der Waals surface area contributed by atoms with Crippen LogP contribution in [0.1, 0.15) is 10.4 Å². The monoisotopic (exact) mass is 260 g/mol. The van der Waals surface area contributed by atoms with E-state index in [1.807, 2.05) is 0 Å². The van der Waals surface area contributed by atoms with Gasteiger partial charge in [-0.2, -0.15) is 4.90 Å². The largest absolute Gasteiger partial charge is 1.00 e. The molecule has 4 heteroatoms. The molecule has 0 radical (unpaired) electrons. The van der Waals surface area contributed by atoms with Gasteiger partial charge in [0, 0.05) is 5.56 Å². The smallest absolute Gasteiger partial charge is 0.779 e. The number of hydrogen-bond acceptors (Lipinski definition) is 2. The normalized spacial score (nSPS) is 8.36. The molecule has 0 unspecified atom stereocenters. The summed E-state index contributed by atoms with van der Waals surface area (Å²) in [6.07, 6.45) is 0. The van der Waals surface area contributed by atoms with Gasteiger partial charge >= 0.3 is 28.3 Å². The molecule has 0 fully saturated rings. The van der Waals surface area contributed by atoms with Gasteiger partial charge in [-0.05, 0) is 6.07 Å². The van der Waals surface area contributed by atoms with Crippen molar-refractivity contribution in [1.29, 1.82) is 0 Å². The van der Waals surface area contributed by atoms with Crippen molar-refractivity contribution in [3.63, 3.8) is 0 Å². The van der Waals surface area contributed by atoms with Crippen molar-refractivity contribution in [2.24, 2.45) is 0 Å². The molecule has 0 aromatic heterocycles. The van der Waals surface area contributed by atoms with E-state index in [4.69, 9.17) is 17.7 Å². The quantitative estimate of drug-likeness (QED) is 0.611.